The third kappa shape index (κ3) is 4.46. The van der Waals surface area contributed by atoms with E-state index in [4.69, 9.17) is 9.47 Å². The topological polar surface area (TPSA) is 124 Å². The SMILES string of the molecule is CCOC(=O)C1=C(C[NH+]2CCOCC2)NC(=O)N[C@H]1c1cccc([N+](=O)[O-])c1. The van der Waals surface area contributed by atoms with Crippen LogP contribution in [0.4, 0.5) is 10.5 Å². The highest BCUT2D eigenvalue weighted by Gasteiger charge is 2.36. The van der Waals surface area contributed by atoms with Crippen LogP contribution in [0.15, 0.2) is 35.5 Å². The van der Waals surface area contributed by atoms with Crippen molar-refractivity contribution in [1.29, 1.82) is 0 Å². The first-order chi connectivity index (χ1) is 13.5. The highest BCUT2D eigenvalue weighted by molar-refractivity contribution is 5.95. The van der Waals surface area contributed by atoms with Crippen molar-refractivity contribution < 1.29 is 28.9 Å². The Morgan fingerprint density at radius 1 is 1.39 bits per heavy atom. The molecule has 1 fully saturated rings. The van der Waals surface area contributed by atoms with Crippen LogP contribution in [0.25, 0.3) is 0 Å². The smallest absolute Gasteiger partial charge is 0.338 e. The quantitative estimate of drug-likeness (QED) is 0.347. The van der Waals surface area contributed by atoms with E-state index in [1.165, 1.54) is 23.1 Å². The predicted octanol–water partition coefficient (Wildman–Crippen LogP) is -0.319. The van der Waals surface area contributed by atoms with Gasteiger partial charge in [0, 0.05) is 12.1 Å². The molecule has 0 aromatic heterocycles. The lowest BCUT2D eigenvalue weighted by molar-refractivity contribution is -0.903. The highest BCUT2D eigenvalue weighted by atomic mass is 16.6. The van der Waals surface area contributed by atoms with E-state index in [9.17, 15) is 19.7 Å². The van der Waals surface area contributed by atoms with Crippen molar-refractivity contribution in [1.82, 2.24) is 10.6 Å². The van der Waals surface area contributed by atoms with E-state index in [2.05, 4.69) is 10.6 Å². The summed E-state index contributed by atoms with van der Waals surface area (Å²) in [5.74, 6) is -0.561. The van der Waals surface area contributed by atoms with Gasteiger partial charge in [-0.25, -0.2) is 9.59 Å². The number of nitro benzene ring substituents is 1. The molecule has 1 aromatic rings. The third-order valence-corrected chi connectivity index (χ3v) is 4.69. The molecule has 28 heavy (non-hydrogen) atoms. The lowest BCUT2D eigenvalue weighted by atomic mass is 9.94. The maximum absolute atomic E-state index is 12.7. The normalized spacial score (nSPS) is 20.3. The molecule has 10 nitrogen and oxygen atoms in total. The zero-order chi connectivity index (χ0) is 20.1. The number of carbonyl (C=O) groups excluding carboxylic acids is 2. The maximum Gasteiger partial charge on any atom is 0.338 e. The molecule has 0 bridgehead atoms. The van der Waals surface area contributed by atoms with Crippen LogP contribution in [0.5, 0.6) is 0 Å². The molecule has 0 aliphatic carbocycles. The Morgan fingerprint density at radius 3 is 2.82 bits per heavy atom. The lowest BCUT2D eigenvalue weighted by Crippen LogP contribution is -3.14. The molecule has 0 unspecified atom stereocenters. The molecule has 1 saturated heterocycles. The van der Waals surface area contributed by atoms with Crippen LogP contribution in [0, 0.1) is 10.1 Å². The fourth-order valence-corrected chi connectivity index (χ4v) is 3.36. The Bertz CT molecular complexity index is 803. The summed E-state index contributed by atoms with van der Waals surface area (Å²) in [4.78, 5) is 36.8. The number of rotatable bonds is 6. The van der Waals surface area contributed by atoms with E-state index in [1.54, 1.807) is 13.0 Å². The average molecular weight is 391 g/mol. The number of ether oxygens (including phenoxy) is 2. The van der Waals surface area contributed by atoms with E-state index < -0.39 is 23.0 Å². The van der Waals surface area contributed by atoms with Crippen LogP contribution >= 0.6 is 0 Å². The van der Waals surface area contributed by atoms with Crippen LogP contribution in [0.3, 0.4) is 0 Å². The average Bonchev–Trinajstić information content (AvgIpc) is 2.68. The largest absolute Gasteiger partial charge is 0.463 e. The van der Waals surface area contributed by atoms with Crippen LogP contribution in [0.2, 0.25) is 0 Å². The first kappa shape index (κ1) is 19.8. The number of nitrogens with one attached hydrogen (secondary N) is 3. The second kappa shape index (κ2) is 8.81. The number of esters is 1. The number of nitro groups is 1. The Hall–Kier alpha value is -2.98. The van der Waals surface area contributed by atoms with Crippen molar-refractivity contribution in [2.24, 2.45) is 0 Å². The standard InChI is InChI=1S/C18H22N4O6/c1-2-28-17(23)15-14(11-21-6-8-27-9-7-21)19-18(24)20-16(15)12-4-3-5-13(10-12)22(25)26/h3-5,10,16H,2,6-9,11H2,1H3,(H2,19,20,24)/p+1/t16-/m0/s1. The van der Waals surface area contributed by atoms with Gasteiger partial charge < -0.3 is 25.0 Å². The summed E-state index contributed by atoms with van der Waals surface area (Å²) in [6, 6.07) is 4.59. The van der Waals surface area contributed by atoms with Crippen LogP contribution in [-0.4, -0.2) is 56.4 Å². The molecule has 2 aliphatic heterocycles. The molecule has 2 amide bonds. The summed E-state index contributed by atoms with van der Waals surface area (Å²) >= 11 is 0. The van der Waals surface area contributed by atoms with Crippen molar-refractivity contribution in [2.75, 3.05) is 39.5 Å². The summed E-state index contributed by atoms with van der Waals surface area (Å²) in [5, 5.41) is 16.5. The zero-order valence-electron chi connectivity index (χ0n) is 15.5. The van der Waals surface area contributed by atoms with Gasteiger partial charge in [0.25, 0.3) is 5.69 Å². The van der Waals surface area contributed by atoms with E-state index in [0.717, 1.165) is 13.1 Å². The number of benzene rings is 1. The summed E-state index contributed by atoms with van der Waals surface area (Å²) in [7, 11) is 0. The molecule has 1 aromatic carbocycles. The molecule has 0 spiro atoms. The Kier molecular flexibility index (Phi) is 6.22. The molecule has 1 atom stereocenters. The third-order valence-electron chi connectivity index (χ3n) is 4.69. The fraction of sp³-hybridized carbons (Fsp3) is 0.444. The number of quaternary nitrogens is 1. The first-order valence-corrected chi connectivity index (χ1v) is 9.13. The van der Waals surface area contributed by atoms with E-state index >= 15 is 0 Å². The van der Waals surface area contributed by atoms with Gasteiger partial charge in [-0.2, -0.15) is 0 Å². The van der Waals surface area contributed by atoms with E-state index in [1.807, 2.05) is 0 Å². The molecule has 3 rings (SSSR count). The number of non-ortho nitro benzene ring substituents is 1. The minimum Gasteiger partial charge on any atom is -0.463 e. The molecule has 0 saturated carbocycles. The van der Waals surface area contributed by atoms with Crippen LogP contribution in [0.1, 0.15) is 18.5 Å². The van der Waals surface area contributed by atoms with Crippen LogP contribution < -0.4 is 15.5 Å². The van der Waals surface area contributed by atoms with Crippen LogP contribution in [-0.2, 0) is 14.3 Å². The second-order valence-electron chi connectivity index (χ2n) is 6.54. The minimum atomic E-state index is -0.830. The van der Waals surface area contributed by atoms with Gasteiger partial charge >= 0.3 is 12.0 Å². The molecule has 10 heteroatoms. The molecule has 0 radical (unpaired) electrons. The highest BCUT2D eigenvalue weighted by Crippen LogP contribution is 2.29. The summed E-state index contributed by atoms with van der Waals surface area (Å²) in [6.45, 7) is 5.03. The summed E-state index contributed by atoms with van der Waals surface area (Å²) < 4.78 is 10.6. The number of morpholine rings is 1. The fourth-order valence-electron chi connectivity index (χ4n) is 3.36. The molecule has 2 heterocycles. The van der Waals surface area contributed by atoms with E-state index in [0.29, 0.717) is 31.0 Å². The molecular formula is C18H23N4O6+. The van der Waals surface area contributed by atoms with Gasteiger partial charge in [-0.1, -0.05) is 12.1 Å². The number of amides is 2. The van der Waals surface area contributed by atoms with Gasteiger partial charge in [0.05, 0.1) is 42.1 Å². The molecule has 3 N–H and O–H groups in total. The Balaban J connectivity index is 2.01. The Labute approximate surface area is 161 Å². The van der Waals surface area contributed by atoms with Gasteiger partial charge in [0.15, 0.2) is 0 Å². The van der Waals surface area contributed by atoms with Crippen molar-refractivity contribution in [3.63, 3.8) is 0 Å². The maximum atomic E-state index is 12.7. The predicted molar refractivity (Wildman–Crippen MR) is 97.5 cm³/mol. The molecule has 2 aliphatic rings. The minimum absolute atomic E-state index is 0.117. The van der Waals surface area contributed by atoms with Gasteiger partial charge in [-0.05, 0) is 12.5 Å². The number of hydrogen-bond acceptors (Lipinski definition) is 6. The molecular weight excluding hydrogens is 368 g/mol. The van der Waals surface area contributed by atoms with Gasteiger partial charge in [-0.3, -0.25) is 10.1 Å². The number of nitrogens with zero attached hydrogens (tertiary/aromatic N) is 1. The van der Waals surface area contributed by atoms with Crippen molar-refractivity contribution in [2.45, 2.75) is 13.0 Å². The zero-order valence-corrected chi connectivity index (χ0v) is 15.5. The lowest BCUT2D eigenvalue weighted by Gasteiger charge is -2.31. The summed E-state index contributed by atoms with van der Waals surface area (Å²) in [5.41, 5.74) is 1.06. The first-order valence-electron chi connectivity index (χ1n) is 9.13. The number of urea groups is 1. The monoisotopic (exact) mass is 391 g/mol. The van der Waals surface area contributed by atoms with Crippen molar-refractivity contribution in [3.05, 3.63) is 51.2 Å². The van der Waals surface area contributed by atoms with Crippen molar-refractivity contribution >= 4 is 17.7 Å². The van der Waals surface area contributed by atoms with Crippen molar-refractivity contribution in [3.8, 4) is 0 Å². The van der Waals surface area contributed by atoms with E-state index in [-0.39, 0.29) is 17.9 Å². The molecule has 150 valence electrons. The van der Waals surface area contributed by atoms with Gasteiger partial charge in [-0.15, -0.1) is 0 Å². The Morgan fingerprint density at radius 2 is 2.14 bits per heavy atom. The number of hydrogen-bond donors (Lipinski definition) is 3. The van der Waals surface area contributed by atoms with Gasteiger partial charge in [0.2, 0.25) is 0 Å². The second-order valence-corrected chi connectivity index (χ2v) is 6.54. The number of carbonyl (C=O) groups is 2. The summed E-state index contributed by atoms with van der Waals surface area (Å²) in [6.07, 6.45) is 0. The van der Waals surface area contributed by atoms with Gasteiger partial charge in [0.1, 0.15) is 19.6 Å².